The molecule has 0 bridgehead atoms. The minimum absolute atomic E-state index is 0.232. The van der Waals surface area contributed by atoms with Crippen LogP contribution in [-0.4, -0.2) is 48.0 Å². The quantitative estimate of drug-likeness (QED) is 0.234. The number of phenols is 2. The first-order chi connectivity index (χ1) is 18.6. The Labute approximate surface area is 225 Å². The number of hydrogen-bond donors (Lipinski definition) is 2. The van der Waals surface area contributed by atoms with Crippen molar-refractivity contribution in [3.63, 3.8) is 0 Å². The van der Waals surface area contributed by atoms with E-state index in [1.807, 2.05) is 36.4 Å². The number of aromatic hydroxyl groups is 2. The smallest absolute Gasteiger partial charge is 0.119 e. The van der Waals surface area contributed by atoms with E-state index in [-0.39, 0.29) is 17.6 Å². The van der Waals surface area contributed by atoms with E-state index in [2.05, 4.69) is 30.0 Å². The van der Waals surface area contributed by atoms with E-state index in [0.29, 0.717) is 13.2 Å². The number of hydrogen-bond acceptors (Lipinski definition) is 5. The van der Waals surface area contributed by atoms with Gasteiger partial charge in [0.1, 0.15) is 30.0 Å². The fourth-order valence-corrected chi connectivity index (χ4v) is 5.31. The fourth-order valence-electron chi connectivity index (χ4n) is 5.31. The van der Waals surface area contributed by atoms with Crippen LogP contribution in [0.15, 0.2) is 78.9 Å². The Morgan fingerprint density at radius 1 is 0.789 bits per heavy atom. The van der Waals surface area contributed by atoms with Crippen LogP contribution in [0, 0.1) is 0 Å². The van der Waals surface area contributed by atoms with Crippen LogP contribution in [-0.2, 0) is 4.74 Å². The number of phenolic OH excluding ortho intramolecular Hbond substituents is 2. The molecule has 0 aliphatic carbocycles. The van der Waals surface area contributed by atoms with Gasteiger partial charge in [0.05, 0.1) is 0 Å². The van der Waals surface area contributed by atoms with Crippen LogP contribution >= 0.6 is 0 Å². The molecule has 38 heavy (non-hydrogen) atoms. The van der Waals surface area contributed by atoms with Crippen molar-refractivity contribution in [2.45, 2.75) is 38.7 Å². The molecule has 1 aliphatic heterocycles. The molecule has 1 aliphatic rings. The molecule has 0 aromatic heterocycles. The van der Waals surface area contributed by atoms with Crippen molar-refractivity contribution in [1.82, 2.24) is 4.90 Å². The number of likely N-dealkylation sites (tertiary alicyclic amines) is 1. The van der Waals surface area contributed by atoms with Gasteiger partial charge in [-0.15, -0.1) is 0 Å². The fraction of sp³-hybridized carbons (Fsp3) is 0.333. The van der Waals surface area contributed by atoms with Gasteiger partial charge in [-0.25, -0.2) is 0 Å². The zero-order valence-electron chi connectivity index (χ0n) is 22.1. The topological polar surface area (TPSA) is 62.2 Å². The first kappa shape index (κ1) is 26.1. The second-order valence-electron chi connectivity index (χ2n) is 10.0. The van der Waals surface area contributed by atoms with Gasteiger partial charge in [0.15, 0.2) is 0 Å². The van der Waals surface area contributed by atoms with Crippen molar-refractivity contribution in [2.75, 3.05) is 32.8 Å². The van der Waals surface area contributed by atoms with Crippen LogP contribution in [0.25, 0.3) is 21.9 Å². The average molecular weight is 512 g/mol. The van der Waals surface area contributed by atoms with E-state index in [1.165, 1.54) is 32.4 Å². The van der Waals surface area contributed by atoms with E-state index < -0.39 is 0 Å². The van der Waals surface area contributed by atoms with Crippen LogP contribution in [0.5, 0.6) is 17.2 Å². The highest BCUT2D eigenvalue weighted by Gasteiger charge is 2.22. The zero-order valence-corrected chi connectivity index (χ0v) is 22.1. The first-order valence-corrected chi connectivity index (χ1v) is 13.7. The number of piperidine rings is 1. The number of rotatable bonds is 10. The molecule has 5 nitrogen and oxygen atoms in total. The summed E-state index contributed by atoms with van der Waals surface area (Å²) in [6.07, 6.45) is 4.50. The standard InChI is InChI=1S/C33H37NO4/c1-2-21-38-33(25-8-14-29(15-9-25)37-22-20-34-18-4-3-5-19-34)32-30(24-6-11-27(35)12-7-24)16-10-26-23-28(36)13-17-31(26)32/h6-17,23,33,35-36H,2-5,18-22H2,1H3. The lowest BCUT2D eigenvalue weighted by Crippen LogP contribution is -2.33. The first-order valence-electron chi connectivity index (χ1n) is 13.7. The molecule has 1 fully saturated rings. The van der Waals surface area contributed by atoms with Gasteiger partial charge in [0.25, 0.3) is 0 Å². The molecule has 5 rings (SSSR count). The van der Waals surface area contributed by atoms with E-state index in [4.69, 9.17) is 9.47 Å². The number of ether oxygens (including phenoxy) is 2. The van der Waals surface area contributed by atoms with Crippen LogP contribution in [0.3, 0.4) is 0 Å². The highest BCUT2D eigenvalue weighted by Crippen LogP contribution is 2.41. The lowest BCUT2D eigenvalue weighted by atomic mass is 9.88. The summed E-state index contributed by atoms with van der Waals surface area (Å²) in [6.45, 7) is 6.71. The van der Waals surface area contributed by atoms with E-state index in [9.17, 15) is 10.2 Å². The van der Waals surface area contributed by atoms with E-state index in [0.717, 1.165) is 51.7 Å². The maximum Gasteiger partial charge on any atom is 0.119 e. The SMILES string of the molecule is CCCOC(c1ccc(OCCN2CCCCC2)cc1)c1c(-c2ccc(O)cc2)ccc2cc(O)ccc12. The highest BCUT2D eigenvalue weighted by molar-refractivity contribution is 5.93. The largest absolute Gasteiger partial charge is 0.508 e. The van der Waals surface area contributed by atoms with Crippen molar-refractivity contribution in [3.05, 3.63) is 90.0 Å². The van der Waals surface area contributed by atoms with Crippen molar-refractivity contribution >= 4 is 10.8 Å². The summed E-state index contributed by atoms with van der Waals surface area (Å²) in [5, 5.41) is 22.0. The normalized spacial score (nSPS) is 15.0. The van der Waals surface area contributed by atoms with Gasteiger partial charge in [-0.2, -0.15) is 0 Å². The number of benzene rings is 4. The van der Waals surface area contributed by atoms with Crippen LogP contribution in [0.1, 0.15) is 49.8 Å². The Kier molecular flexibility index (Phi) is 8.47. The average Bonchev–Trinajstić information content (AvgIpc) is 2.95. The maximum atomic E-state index is 10.1. The van der Waals surface area contributed by atoms with Crippen LogP contribution in [0.4, 0.5) is 0 Å². The Bertz CT molecular complexity index is 1330. The van der Waals surface area contributed by atoms with Gasteiger partial charge < -0.3 is 19.7 Å². The summed E-state index contributed by atoms with van der Waals surface area (Å²) in [5.41, 5.74) is 4.12. The molecule has 0 radical (unpaired) electrons. The van der Waals surface area contributed by atoms with Gasteiger partial charge in [0.2, 0.25) is 0 Å². The lowest BCUT2D eigenvalue weighted by molar-refractivity contribution is 0.0818. The molecule has 0 saturated carbocycles. The second-order valence-corrected chi connectivity index (χ2v) is 10.0. The molecular weight excluding hydrogens is 474 g/mol. The monoisotopic (exact) mass is 511 g/mol. The summed E-state index contributed by atoms with van der Waals surface area (Å²) in [5.74, 6) is 1.33. The maximum absolute atomic E-state index is 10.1. The van der Waals surface area contributed by atoms with Crippen LogP contribution < -0.4 is 4.74 Å². The molecule has 1 unspecified atom stereocenters. The van der Waals surface area contributed by atoms with Gasteiger partial charge in [-0.1, -0.05) is 55.8 Å². The summed E-state index contributed by atoms with van der Waals surface area (Å²) in [7, 11) is 0. The molecule has 1 atom stereocenters. The Morgan fingerprint density at radius 3 is 2.26 bits per heavy atom. The third-order valence-corrected chi connectivity index (χ3v) is 7.28. The van der Waals surface area contributed by atoms with Gasteiger partial charge in [0, 0.05) is 18.7 Å². The highest BCUT2D eigenvalue weighted by atomic mass is 16.5. The van der Waals surface area contributed by atoms with Crippen molar-refractivity contribution in [3.8, 4) is 28.4 Å². The second kappa shape index (κ2) is 12.3. The summed E-state index contributed by atoms with van der Waals surface area (Å²) >= 11 is 0. The van der Waals surface area contributed by atoms with Crippen LogP contribution in [0.2, 0.25) is 0 Å². The summed E-state index contributed by atoms with van der Waals surface area (Å²) < 4.78 is 12.6. The molecule has 5 heteroatoms. The molecular formula is C33H37NO4. The van der Waals surface area contributed by atoms with Gasteiger partial charge in [-0.05, 0) is 96.2 Å². The van der Waals surface area contributed by atoms with Crippen molar-refractivity contribution in [1.29, 1.82) is 0 Å². The third-order valence-electron chi connectivity index (χ3n) is 7.28. The Hall–Kier alpha value is -3.54. The predicted octanol–water partition coefficient (Wildman–Crippen LogP) is 7.30. The molecule has 198 valence electrons. The Balaban J connectivity index is 1.48. The summed E-state index contributed by atoms with van der Waals surface area (Å²) in [6, 6.07) is 25.1. The van der Waals surface area contributed by atoms with E-state index >= 15 is 0 Å². The molecule has 4 aromatic carbocycles. The summed E-state index contributed by atoms with van der Waals surface area (Å²) in [4.78, 5) is 2.48. The van der Waals surface area contributed by atoms with Gasteiger partial charge in [-0.3, -0.25) is 4.90 Å². The molecule has 0 spiro atoms. The molecule has 1 saturated heterocycles. The van der Waals surface area contributed by atoms with Crippen molar-refractivity contribution in [2.24, 2.45) is 0 Å². The molecule has 4 aromatic rings. The Morgan fingerprint density at radius 2 is 1.53 bits per heavy atom. The minimum Gasteiger partial charge on any atom is -0.508 e. The predicted molar refractivity (Wildman–Crippen MR) is 153 cm³/mol. The van der Waals surface area contributed by atoms with Gasteiger partial charge >= 0.3 is 0 Å². The molecule has 2 N–H and O–H groups in total. The third kappa shape index (κ3) is 6.12. The lowest BCUT2D eigenvalue weighted by Gasteiger charge is -2.26. The minimum atomic E-state index is -0.311. The molecule has 0 amide bonds. The zero-order chi connectivity index (χ0) is 26.3. The number of fused-ring (bicyclic) bond motifs is 1. The number of nitrogens with zero attached hydrogens (tertiary/aromatic N) is 1. The molecule has 1 heterocycles. The van der Waals surface area contributed by atoms with E-state index in [1.54, 1.807) is 24.3 Å². The van der Waals surface area contributed by atoms with Crippen molar-refractivity contribution < 1.29 is 19.7 Å².